The number of aromatic nitrogens is 2. The molecule has 344 valence electrons. The van der Waals surface area contributed by atoms with Crippen molar-refractivity contribution < 1.29 is 72.9 Å². The Labute approximate surface area is 353 Å². The zero-order valence-corrected chi connectivity index (χ0v) is 35.5. The highest BCUT2D eigenvalue weighted by Crippen LogP contribution is 2.48. The van der Waals surface area contributed by atoms with Gasteiger partial charge < -0.3 is 34.5 Å². The number of carbonyl (C=O) groups is 4. The van der Waals surface area contributed by atoms with E-state index in [1.54, 1.807) is 0 Å². The van der Waals surface area contributed by atoms with Gasteiger partial charge in [0.15, 0.2) is 0 Å². The fourth-order valence-corrected chi connectivity index (χ4v) is 9.50. The van der Waals surface area contributed by atoms with Crippen molar-refractivity contribution in [2.45, 2.75) is 125 Å². The highest BCUT2D eigenvalue weighted by Gasteiger charge is 2.63. The molecule has 2 aliphatic heterocycles. The summed E-state index contributed by atoms with van der Waals surface area (Å²) in [6.07, 6.45) is -10.7. The zero-order chi connectivity index (χ0) is 45.6. The van der Waals surface area contributed by atoms with E-state index < -0.39 is 117 Å². The van der Waals surface area contributed by atoms with Crippen LogP contribution in [-0.2, 0) is 40.1 Å². The molecule has 4 fully saturated rings. The second kappa shape index (κ2) is 17.5. The number of alkyl carbamates (subject to hydrolysis) is 1. The van der Waals surface area contributed by atoms with Gasteiger partial charge in [0, 0.05) is 25.5 Å². The van der Waals surface area contributed by atoms with Crippen molar-refractivity contribution in [3.8, 4) is 11.6 Å². The predicted octanol–water partition coefficient (Wildman–Crippen LogP) is 4.79. The molecule has 7 atom stereocenters. The number of alkyl halides is 6. The van der Waals surface area contributed by atoms with E-state index in [1.165, 1.54) is 32.4 Å². The summed E-state index contributed by atoms with van der Waals surface area (Å²) in [5.74, 6) is -5.40. The smallest absolute Gasteiger partial charge is 0.438 e. The van der Waals surface area contributed by atoms with E-state index in [0.29, 0.717) is 52.4 Å². The van der Waals surface area contributed by atoms with Crippen LogP contribution in [-0.4, -0.2) is 115 Å². The number of sulfonamides is 1. The molecule has 3 heterocycles. The number of amides is 4. The molecule has 0 radical (unpaired) electrons. The van der Waals surface area contributed by atoms with Gasteiger partial charge in [-0.3, -0.25) is 19.1 Å². The van der Waals surface area contributed by atoms with E-state index in [2.05, 4.69) is 25.3 Å². The van der Waals surface area contributed by atoms with Crippen LogP contribution in [0.25, 0.3) is 11.0 Å². The maximum absolute atomic E-state index is 14.9. The molecule has 4 aliphatic rings. The average molecular weight is 909 g/mol. The molecule has 0 spiro atoms. The van der Waals surface area contributed by atoms with Crippen molar-refractivity contribution in [3.63, 3.8) is 0 Å². The van der Waals surface area contributed by atoms with Gasteiger partial charge in [0.05, 0.1) is 36.5 Å². The zero-order valence-electron chi connectivity index (χ0n) is 34.7. The van der Waals surface area contributed by atoms with Gasteiger partial charge in [-0.25, -0.2) is 23.2 Å². The SMILES string of the molecule is COC[C@@H]1C[C@@H](C)CCCC[C@H]2C[C@@]2(C(=O)NS(=O)(=O)C2CC2)NC(=O)[C@@H]2C[C@@H](Oc3nc4cc(OC)ccc4nc3C(F)(F)F)CN2C(=O)[C@H]1NC(=O)OC(C)(C)C(F)(F)F. The van der Waals surface area contributed by atoms with Crippen molar-refractivity contribution in [1.82, 2.24) is 30.2 Å². The molecule has 1 aromatic heterocycles. The van der Waals surface area contributed by atoms with Crippen molar-refractivity contribution in [3.05, 3.63) is 23.9 Å². The first-order valence-electron chi connectivity index (χ1n) is 20.2. The van der Waals surface area contributed by atoms with Gasteiger partial charge in [0.2, 0.25) is 39.0 Å². The third kappa shape index (κ3) is 10.2. The van der Waals surface area contributed by atoms with Crippen molar-refractivity contribution in [2.75, 3.05) is 27.4 Å². The molecule has 0 bridgehead atoms. The summed E-state index contributed by atoms with van der Waals surface area (Å²) in [5, 5.41) is 4.15. The second-order valence-corrected chi connectivity index (χ2v) is 19.1. The summed E-state index contributed by atoms with van der Waals surface area (Å²) in [5.41, 5.74) is -6.47. The third-order valence-electron chi connectivity index (χ3n) is 11.9. The van der Waals surface area contributed by atoms with E-state index in [1.807, 2.05) is 6.92 Å². The highest BCUT2D eigenvalue weighted by molar-refractivity contribution is 7.91. The molecule has 2 aliphatic carbocycles. The fraction of sp³-hybridized carbons (Fsp3) is 0.692. The number of halogens is 6. The molecular formula is C39H50F6N6O10S. The van der Waals surface area contributed by atoms with Gasteiger partial charge in [-0.2, -0.15) is 26.3 Å². The van der Waals surface area contributed by atoms with Crippen LogP contribution >= 0.6 is 0 Å². The van der Waals surface area contributed by atoms with Gasteiger partial charge in [-0.1, -0.05) is 26.2 Å². The van der Waals surface area contributed by atoms with Crippen LogP contribution in [0.3, 0.4) is 0 Å². The Bertz CT molecular complexity index is 2160. The number of fused-ring (bicyclic) bond motifs is 3. The maximum atomic E-state index is 14.9. The van der Waals surface area contributed by atoms with E-state index in [0.717, 1.165) is 4.90 Å². The Morgan fingerprint density at radius 1 is 0.984 bits per heavy atom. The number of nitrogens with zero attached hydrogens (tertiary/aromatic N) is 3. The van der Waals surface area contributed by atoms with Gasteiger partial charge in [0.1, 0.15) is 29.5 Å². The summed E-state index contributed by atoms with van der Waals surface area (Å²) in [4.78, 5) is 65.2. The largest absolute Gasteiger partial charge is 0.497 e. The molecule has 3 N–H and O–H groups in total. The van der Waals surface area contributed by atoms with E-state index >= 15 is 0 Å². The minimum Gasteiger partial charge on any atom is -0.497 e. The standard InChI is InChI=1S/C39H50F6N6O10S/c1-20-8-6-7-9-22-17-37(22,34(54)50-62(56,57)25-11-12-25)49-31(52)28-16-24(60-32-30(38(40,41)42)46-26-13-10-23(59-5)15-27(26)47-32)18-51(28)33(53)29(21(14-20)19-58-4)48-35(55)61-36(2,3)39(43,44)45/h10,13,15,20-22,24-25,28-29H,6-9,11-12,14,16-19H2,1-5H3,(H,48,55)(H,49,52)(H,50,54)/t20-,21-,22-,24+,28-,29-,37+/m0/s1. The number of methoxy groups -OCH3 is 2. The molecule has 2 aromatic rings. The summed E-state index contributed by atoms with van der Waals surface area (Å²) in [7, 11) is -1.44. The first-order valence-corrected chi connectivity index (χ1v) is 21.8. The van der Waals surface area contributed by atoms with Crippen molar-refractivity contribution in [1.29, 1.82) is 0 Å². The van der Waals surface area contributed by atoms with Crippen molar-refractivity contribution in [2.24, 2.45) is 17.8 Å². The Morgan fingerprint density at radius 3 is 2.31 bits per heavy atom. The molecule has 2 saturated carbocycles. The molecular weight excluding hydrogens is 859 g/mol. The Morgan fingerprint density at radius 2 is 1.68 bits per heavy atom. The number of benzene rings is 1. The lowest BCUT2D eigenvalue weighted by molar-refractivity contribution is -0.244. The quantitative estimate of drug-likeness (QED) is 0.276. The predicted molar refractivity (Wildman–Crippen MR) is 206 cm³/mol. The van der Waals surface area contributed by atoms with Gasteiger partial charge in [-0.05, 0) is 69.9 Å². The number of carbonyl (C=O) groups excluding carboxylic acids is 4. The Balaban J connectivity index is 1.40. The Kier molecular flexibility index (Phi) is 13.2. The van der Waals surface area contributed by atoms with Crippen LogP contribution in [0.5, 0.6) is 11.6 Å². The summed E-state index contributed by atoms with van der Waals surface area (Å²) < 4.78 is 134. The minimum absolute atomic E-state index is 0.0485. The molecule has 2 saturated heterocycles. The molecule has 16 nitrogen and oxygen atoms in total. The first-order chi connectivity index (χ1) is 28.9. The molecule has 1 aromatic carbocycles. The molecule has 0 unspecified atom stereocenters. The average Bonchev–Trinajstić information content (AvgIpc) is 4.10. The number of ether oxygens (including phenoxy) is 4. The lowest BCUT2D eigenvalue weighted by Gasteiger charge is -2.35. The minimum atomic E-state index is -5.10. The van der Waals surface area contributed by atoms with Crippen LogP contribution in [0, 0.1) is 17.8 Å². The lowest BCUT2D eigenvalue weighted by Crippen LogP contribution is -2.60. The second-order valence-electron chi connectivity index (χ2n) is 17.1. The molecule has 6 rings (SSSR count). The van der Waals surface area contributed by atoms with Gasteiger partial charge >= 0.3 is 18.4 Å². The monoisotopic (exact) mass is 908 g/mol. The number of hydrogen-bond acceptors (Lipinski definition) is 12. The summed E-state index contributed by atoms with van der Waals surface area (Å²) in [6, 6.07) is 0.594. The van der Waals surface area contributed by atoms with E-state index in [9.17, 15) is 53.9 Å². The van der Waals surface area contributed by atoms with Crippen LogP contribution in [0.15, 0.2) is 18.2 Å². The lowest BCUT2D eigenvalue weighted by atomic mass is 9.86. The van der Waals surface area contributed by atoms with Crippen LogP contribution < -0.4 is 24.8 Å². The molecule has 23 heteroatoms. The fourth-order valence-electron chi connectivity index (χ4n) is 8.13. The first kappa shape index (κ1) is 46.8. The highest BCUT2D eigenvalue weighted by atomic mass is 32.2. The maximum Gasteiger partial charge on any atom is 0.438 e. The number of hydrogen-bond donors (Lipinski definition) is 3. The van der Waals surface area contributed by atoms with Crippen LogP contribution in [0.1, 0.15) is 84.3 Å². The number of nitrogens with one attached hydrogen (secondary N) is 3. The Hall–Kier alpha value is -4.67. The third-order valence-corrected chi connectivity index (χ3v) is 13.7. The number of rotatable bonds is 10. The van der Waals surface area contributed by atoms with Gasteiger partial charge in [0.25, 0.3) is 5.91 Å². The van der Waals surface area contributed by atoms with E-state index in [-0.39, 0.29) is 42.1 Å². The summed E-state index contributed by atoms with van der Waals surface area (Å²) in [6.45, 7) is 2.24. The molecule has 4 amide bonds. The van der Waals surface area contributed by atoms with E-state index in [4.69, 9.17) is 18.9 Å². The van der Waals surface area contributed by atoms with Crippen molar-refractivity contribution >= 4 is 44.9 Å². The molecule has 62 heavy (non-hydrogen) atoms. The summed E-state index contributed by atoms with van der Waals surface area (Å²) >= 11 is 0. The normalized spacial score (nSPS) is 27.8. The van der Waals surface area contributed by atoms with Crippen LogP contribution in [0.2, 0.25) is 0 Å². The topological polar surface area (TPSA) is 204 Å². The van der Waals surface area contributed by atoms with Gasteiger partial charge in [-0.15, -0.1) is 0 Å². The van der Waals surface area contributed by atoms with Crippen LogP contribution in [0.4, 0.5) is 31.1 Å².